The molecule has 1 aliphatic heterocycles. The molecule has 3 heterocycles. The number of nitrogen functional groups attached to an aromatic ring is 1. The number of nitrogens with two attached hydrogens (primary N) is 1. The second-order valence-electron chi connectivity index (χ2n) is 7.26. The minimum Gasteiger partial charge on any atom is -0.398 e. The van der Waals surface area contributed by atoms with Gasteiger partial charge in [0.1, 0.15) is 0 Å². The van der Waals surface area contributed by atoms with E-state index in [0.717, 1.165) is 47.4 Å². The maximum atomic E-state index is 13.1. The van der Waals surface area contributed by atoms with Crippen LogP contribution >= 0.6 is 0 Å². The SMILES string of the molecule is CC(C)Cn1ncc2cc(C(=O)N3CCCc4c(N)cccc43)cnc21. The molecule has 6 heteroatoms. The number of carbonyl (C=O) groups is 1. The van der Waals surface area contributed by atoms with E-state index in [-0.39, 0.29) is 5.91 Å². The third-order valence-electron chi connectivity index (χ3n) is 4.79. The summed E-state index contributed by atoms with van der Waals surface area (Å²) in [6.07, 6.45) is 5.26. The minimum atomic E-state index is -0.0393. The van der Waals surface area contributed by atoms with Gasteiger partial charge in [0.2, 0.25) is 0 Å². The fraction of sp³-hybridized carbons (Fsp3) is 0.350. The molecule has 0 spiro atoms. The third-order valence-corrected chi connectivity index (χ3v) is 4.79. The average Bonchev–Trinajstić information content (AvgIpc) is 3.02. The maximum absolute atomic E-state index is 13.1. The number of aromatic nitrogens is 3. The summed E-state index contributed by atoms with van der Waals surface area (Å²) < 4.78 is 1.89. The molecule has 2 N–H and O–H groups in total. The summed E-state index contributed by atoms with van der Waals surface area (Å²) in [6, 6.07) is 7.64. The molecule has 1 amide bonds. The quantitative estimate of drug-likeness (QED) is 0.736. The van der Waals surface area contributed by atoms with Crippen LogP contribution in [-0.2, 0) is 13.0 Å². The van der Waals surface area contributed by atoms with E-state index in [2.05, 4.69) is 23.9 Å². The van der Waals surface area contributed by atoms with Crippen LogP contribution < -0.4 is 10.6 Å². The molecule has 1 aromatic carbocycles. The average molecular weight is 349 g/mol. The van der Waals surface area contributed by atoms with Crippen molar-refractivity contribution in [3.63, 3.8) is 0 Å². The number of carbonyl (C=O) groups excluding carboxylic acids is 1. The van der Waals surface area contributed by atoms with Gasteiger partial charge in [-0.15, -0.1) is 0 Å². The first kappa shape index (κ1) is 16.6. The topological polar surface area (TPSA) is 77.0 Å². The Labute approximate surface area is 152 Å². The van der Waals surface area contributed by atoms with Gasteiger partial charge in [-0.25, -0.2) is 9.67 Å². The van der Waals surface area contributed by atoms with Crippen molar-refractivity contribution in [1.29, 1.82) is 0 Å². The van der Waals surface area contributed by atoms with Crippen LogP contribution in [0.15, 0.2) is 36.7 Å². The molecule has 6 nitrogen and oxygen atoms in total. The second kappa shape index (κ2) is 6.44. The number of pyridine rings is 1. The predicted octanol–water partition coefficient (Wildman–Crippen LogP) is 3.26. The molecule has 0 radical (unpaired) electrons. The zero-order valence-electron chi connectivity index (χ0n) is 15.1. The van der Waals surface area contributed by atoms with Crippen molar-refractivity contribution in [2.24, 2.45) is 5.92 Å². The van der Waals surface area contributed by atoms with Crippen LogP contribution in [0.4, 0.5) is 11.4 Å². The van der Waals surface area contributed by atoms with Gasteiger partial charge < -0.3 is 10.6 Å². The number of anilines is 2. The second-order valence-corrected chi connectivity index (χ2v) is 7.26. The van der Waals surface area contributed by atoms with E-state index >= 15 is 0 Å². The van der Waals surface area contributed by atoms with Gasteiger partial charge in [-0.3, -0.25) is 4.79 Å². The van der Waals surface area contributed by atoms with E-state index in [9.17, 15) is 4.79 Å². The highest BCUT2D eigenvalue weighted by atomic mass is 16.2. The van der Waals surface area contributed by atoms with Crippen LogP contribution in [0.25, 0.3) is 11.0 Å². The lowest BCUT2D eigenvalue weighted by molar-refractivity contribution is 0.0985. The van der Waals surface area contributed by atoms with Crippen LogP contribution in [0.3, 0.4) is 0 Å². The molecule has 134 valence electrons. The Morgan fingerprint density at radius 1 is 1.31 bits per heavy atom. The Hall–Kier alpha value is -2.89. The maximum Gasteiger partial charge on any atom is 0.259 e. The van der Waals surface area contributed by atoms with Gasteiger partial charge >= 0.3 is 0 Å². The van der Waals surface area contributed by atoms with Gasteiger partial charge in [-0.05, 0) is 42.5 Å². The van der Waals surface area contributed by atoms with Gasteiger partial charge in [-0.1, -0.05) is 19.9 Å². The van der Waals surface area contributed by atoms with Gasteiger partial charge in [0.25, 0.3) is 5.91 Å². The van der Waals surface area contributed by atoms with E-state index in [0.29, 0.717) is 18.0 Å². The fourth-order valence-electron chi connectivity index (χ4n) is 3.59. The van der Waals surface area contributed by atoms with Gasteiger partial charge in [0.15, 0.2) is 5.65 Å². The molecule has 0 unspecified atom stereocenters. The Morgan fingerprint density at radius 2 is 2.15 bits per heavy atom. The summed E-state index contributed by atoms with van der Waals surface area (Å²) >= 11 is 0. The van der Waals surface area contributed by atoms with Crippen LogP contribution in [0.5, 0.6) is 0 Å². The van der Waals surface area contributed by atoms with Gasteiger partial charge in [0, 0.05) is 36.0 Å². The summed E-state index contributed by atoms with van der Waals surface area (Å²) in [5.74, 6) is 0.444. The van der Waals surface area contributed by atoms with Crippen LogP contribution in [0.2, 0.25) is 0 Å². The fourth-order valence-corrected chi connectivity index (χ4v) is 3.59. The monoisotopic (exact) mass is 349 g/mol. The zero-order chi connectivity index (χ0) is 18.3. The predicted molar refractivity (Wildman–Crippen MR) is 103 cm³/mol. The number of nitrogens with zero attached hydrogens (tertiary/aromatic N) is 4. The van der Waals surface area contributed by atoms with Gasteiger partial charge in [0.05, 0.1) is 11.8 Å². The molecule has 0 fully saturated rings. The lowest BCUT2D eigenvalue weighted by Crippen LogP contribution is -2.35. The largest absolute Gasteiger partial charge is 0.398 e. The smallest absolute Gasteiger partial charge is 0.259 e. The molecule has 0 saturated heterocycles. The summed E-state index contributed by atoms with van der Waals surface area (Å²) in [6.45, 7) is 5.79. The van der Waals surface area contributed by atoms with E-state index < -0.39 is 0 Å². The Bertz CT molecular complexity index is 975. The molecule has 3 aromatic rings. The molecule has 0 saturated carbocycles. The highest BCUT2D eigenvalue weighted by Gasteiger charge is 2.25. The molecule has 0 bridgehead atoms. The normalized spacial score (nSPS) is 14.0. The highest BCUT2D eigenvalue weighted by molar-refractivity contribution is 6.08. The minimum absolute atomic E-state index is 0.0393. The Kier molecular flexibility index (Phi) is 4.11. The number of hydrogen-bond donors (Lipinski definition) is 1. The van der Waals surface area contributed by atoms with Crippen molar-refractivity contribution in [3.05, 3.63) is 47.8 Å². The first-order valence-corrected chi connectivity index (χ1v) is 9.05. The lowest BCUT2D eigenvalue weighted by Gasteiger charge is -2.30. The van der Waals surface area contributed by atoms with Crippen molar-refractivity contribution in [2.45, 2.75) is 33.2 Å². The lowest BCUT2D eigenvalue weighted by atomic mass is 9.99. The summed E-state index contributed by atoms with van der Waals surface area (Å²) in [5.41, 5.74) is 10.2. The molecule has 4 rings (SSSR count). The molecular formula is C20H23N5O. The number of amides is 1. The number of fused-ring (bicyclic) bond motifs is 2. The highest BCUT2D eigenvalue weighted by Crippen LogP contribution is 2.32. The summed E-state index contributed by atoms with van der Waals surface area (Å²) in [7, 11) is 0. The Balaban J connectivity index is 1.68. The standard InChI is InChI=1S/C20H23N5O/c1-13(2)12-25-19-14(11-23-25)9-15(10-22-19)20(26)24-8-4-5-16-17(21)6-3-7-18(16)24/h3,6-7,9-11,13H,4-5,8,12,21H2,1-2H3. The van der Waals surface area contributed by atoms with Crippen molar-refractivity contribution < 1.29 is 4.79 Å². The first-order valence-electron chi connectivity index (χ1n) is 9.05. The van der Waals surface area contributed by atoms with Crippen LogP contribution in [0.1, 0.15) is 36.2 Å². The van der Waals surface area contributed by atoms with Crippen molar-refractivity contribution in [2.75, 3.05) is 17.2 Å². The van der Waals surface area contributed by atoms with Crippen molar-refractivity contribution >= 4 is 28.3 Å². The van der Waals surface area contributed by atoms with Crippen molar-refractivity contribution in [1.82, 2.24) is 14.8 Å². The third kappa shape index (κ3) is 2.81. The summed E-state index contributed by atoms with van der Waals surface area (Å²) in [5, 5.41) is 5.30. The van der Waals surface area contributed by atoms with E-state index in [1.54, 1.807) is 12.4 Å². The molecule has 1 aliphatic rings. The van der Waals surface area contributed by atoms with E-state index in [4.69, 9.17) is 5.73 Å². The Morgan fingerprint density at radius 3 is 2.96 bits per heavy atom. The molecule has 0 aliphatic carbocycles. The van der Waals surface area contributed by atoms with E-state index in [1.807, 2.05) is 33.8 Å². The number of benzene rings is 1. The van der Waals surface area contributed by atoms with Crippen LogP contribution in [0, 0.1) is 5.92 Å². The molecule has 2 aromatic heterocycles. The molecule has 0 atom stereocenters. The molecule has 26 heavy (non-hydrogen) atoms. The molecular weight excluding hydrogens is 326 g/mol. The van der Waals surface area contributed by atoms with E-state index in [1.165, 1.54) is 0 Å². The summed E-state index contributed by atoms with van der Waals surface area (Å²) in [4.78, 5) is 19.4. The van der Waals surface area contributed by atoms with Crippen LogP contribution in [-0.4, -0.2) is 27.2 Å². The number of rotatable bonds is 3. The first-order chi connectivity index (χ1) is 12.5. The zero-order valence-corrected chi connectivity index (χ0v) is 15.1. The van der Waals surface area contributed by atoms with Crippen molar-refractivity contribution in [3.8, 4) is 0 Å². The number of hydrogen-bond acceptors (Lipinski definition) is 4. The van der Waals surface area contributed by atoms with Gasteiger partial charge in [-0.2, -0.15) is 5.10 Å².